The van der Waals surface area contributed by atoms with Crippen molar-refractivity contribution in [3.8, 4) is 0 Å². The van der Waals surface area contributed by atoms with Crippen LogP contribution in [0, 0.1) is 0 Å². The highest BCUT2D eigenvalue weighted by Gasteiger charge is 2.39. The van der Waals surface area contributed by atoms with Crippen LogP contribution in [0.5, 0.6) is 0 Å². The second-order valence-electron chi connectivity index (χ2n) is 5.20. The predicted octanol–water partition coefficient (Wildman–Crippen LogP) is 1.52. The Labute approximate surface area is 113 Å². The summed E-state index contributed by atoms with van der Waals surface area (Å²) in [5.74, 6) is 0.195. The van der Waals surface area contributed by atoms with Gasteiger partial charge in [0.05, 0.1) is 6.04 Å². The molecule has 0 bridgehead atoms. The van der Waals surface area contributed by atoms with E-state index in [0.29, 0.717) is 0 Å². The Kier molecular flexibility index (Phi) is 4.04. The maximum Gasteiger partial charge on any atom is 0.241 e. The molecule has 3 atom stereocenters. The van der Waals surface area contributed by atoms with Gasteiger partial charge in [-0.3, -0.25) is 10.1 Å². The van der Waals surface area contributed by atoms with Gasteiger partial charge in [-0.25, -0.2) is 0 Å². The summed E-state index contributed by atoms with van der Waals surface area (Å²) in [4.78, 5) is 16.4. The van der Waals surface area contributed by atoms with Crippen LogP contribution in [0.4, 0.5) is 0 Å². The lowest BCUT2D eigenvalue weighted by Gasteiger charge is -2.31. The molecule has 4 nitrogen and oxygen atoms in total. The second-order valence-corrected chi connectivity index (χ2v) is 5.98. The van der Waals surface area contributed by atoms with Gasteiger partial charge in [0.25, 0.3) is 0 Å². The van der Waals surface area contributed by atoms with E-state index < -0.39 is 0 Å². The summed E-state index contributed by atoms with van der Waals surface area (Å²) in [6.45, 7) is 4.92. The van der Waals surface area contributed by atoms with Crippen molar-refractivity contribution in [2.75, 3.05) is 20.6 Å². The molecule has 1 aromatic heterocycles. The van der Waals surface area contributed by atoms with Crippen molar-refractivity contribution in [1.29, 1.82) is 0 Å². The highest BCUT2D eigenvalue weighted by atomic mass is 32.1. The number of nitrogens with zero attached hydrogens (tertiary/aromatic N) is 2. The number of thiophene rings is 1. The molecule has 100 valence electrons. The van der Waals surface area contributed by atoms with Gasteiger partial charge in [-0.2, -0.15) is 11.3 Å². The maximum absolute atomic E-state index is 12.3. The van der Waals surface area contributed by atoms with E-state index in [2.05, 4.69) is 34.0 Å². The Morgan fingerprint density at radius 3 is 2.83 bits per heavy atom. The average molecular weight is 267 g/mol. The number of nitrogens with one attached hydrogen (secondary N) is 1. The number of carbonyl (C=O) groups is 1. The van der Waals surface area contributed by atoms with Gasteiger partial charge in [-0.15, -0.1) is 0 Å². The Morgan fingerprint density at radius 1 is 1.56 bits per heavy atom. The van der Waals surface area contributed by atoms with Gasteiger partial charge in [0.2, 0.25) is 5.91 Å². The fourth-order valence-electron chi connectivity index (χ4n) is 2.51. The third-order valence-corrected chi connectivity index (χ3v) is 3.98. The van der Waals surface area contributed by atoms with Crippen molar-refractivity contribution in [3.63, 3.8) is 0 Å². The van der Waals surface area contributed by atoms with Crippen LogP contribution in [0.3, 0.4) is 0 Å². The van der Waals surface area contributed by atoms with Gasteiger partial charge >= 0.3 is 0 Å². The van der Waals surface area contributed by atoms with Crippen LogP contribution in [-0.4, -0.2) is 48.4 Å². The molecule has 1 saturated heterocycles. The zero-order valence-corrected chi connectivity index (χ0v) is 12.2. The lowest BCUT2D eigenvalue weighted by atomic mass is 10.2. The Bertz CT molecular complexity index is 404. The number of carbonyl (C=O) groups excluding carboxylic acids is 1. The Morgan fingerprint density at radius 2 is 2.28 bits per heavy atom. The van der Waals surface area contributed by atoms with Crippen LogP contribution in [-0.2, 0) is 4.79 Å². The third kappa shape index (κ3) is 2.58. The van der Waals surface area contributed by atoms with E-state index in [9.17, 15) is 4.79 Å². The molecule has 1 fully saturated rings. The molecule has 1 amide bonds. The first-order valence-electron chi connectivity index (χ1n) is 6.25. The van der Waals surface area contributed by atoms with E-state index in [1.807, 2.05) is 25.9 Å². The van der Waals surface area contributed by atoms with E-state index in [1.165, 1.54) is 5.56 Å². The van der Waals surface area contributed by atoms with Crippen LogP contribution in [0.25, 0.3) is 0 Å². The van der Waals surface area contributed by atoms with Crippen molar-refractivity contribution in [1.82, 2.24) is 15.1 Å². The normalized spacial score (nSPS) is 26.1. The number of rotatable bonds is 4. The minimum atomic E-state index is -0.0977. The van der Waals surface area contributed by atoms with Gasteiger partial charge in [-0.1, -0.05) is 0 Å². The number of likely N-dealkylation sites (N-methyl/N-ethyl adjacent to an activating group) is 1. The van der Waals surface area contributed by atoms with Crippen molar-refractivity contribution in [2.45, 2.75) is 32.1 Å². The highest BCUT2D eigenvalue weighted by Crippen LogP contribution is 2.28. The summed E-state index contributed by atoms with van der Waals surface area (Å²) in [7, 11) is 4.07. The zero-order chi connectivity index (χ0) is 13.3. The molecule has 2 heterocycles. The zero-order valence-electron chi connectivity index (χ0n) is 11.4. The van der Waals surface area contributed by atoms with E-state index in [0.717, 1.165) is 6.54 Å². The van der Waals surface area contributed by atoms with Crippen molar-refractivity contribution >= 4 is 17.2 Å². The number of hydrogen-bond donors (Lipinski definition) is 1. The lowest BCUT2D eigenvalue weighted by molar-refractivity contribution is -0.132. The second kappa shape index (κ2) is 5.38. The Hall–Kier alpha value is -0.910. The fraction of sp³-hybridized carbons (Fsp3) is 0.615. The van der Waals surface area contributed by atoms with Crippen LogP contribution in [0.15, 0.2) is 16.8 Å². The molecule has 1 aromatic rings. The molecule has 3 unspecified atom stereocenters. The molecule has 1 N–H and O–H groups in total. The quantitative estimate of drug-likeness (QED) is 0.898. The summed E-state index contributed by atoms with van der Waals surface area (Å²) >= 11 is 1.67. The Balaban J connectivity index is 2.20. The largest absolute Gasteiger partial charge is 0.318 e. The lowest BCUT2D eigenvalue weighted by Crippen LogP contribution is -2.43. The molecular formula is C13H21N3OS. The number of hydrogen-bond acceptors (Lipinski definition) is 4. The number of amides is 1. The van der Waals surface area contributed by atoms with Gasteiger partial charge in [-0.05, 0) is 50.3 Å². The minimum Gasteiger partial charge on any atom is -0.318 e. The highest BCUT2D eigenvalue weighted by molar-refractivity contribution is 7.07. The van der Waals surface area contributed by atoms with Gasteiger partial charge < -0.3 is 9.80 Å². The first-order chi connectivity index (χ1) is 8.50. The molecule has 0 aromatic carbocycles. The molecule has 1 aliphatic heterocycles. The molecule has 0 radical (unpaired) electrons. The monoisotopic (exact) mass is 267 g/mol. The van der Waals surface area contributed by atoms with Crippen LogP contribution in [0.2, 0.25) is 0 Å². The third-order valence-electron chi connectivity index (χ3n) is 3.27. The van der Waals surface area contributed by atoms with E-state index in [1.54, 1.807) is 11.3 Å². The minimum absolute atomic E-state index is 0.0219. The smallest absolute Gasteiger partial charge is 0.241 e. The van der Waals surface area contributed by atoms with E-state index >= 15 is 0 Å². The first kappa shape index (κ1) is 13.5. The van der Waals surface area contributed by atoms with E-state index in [-0.39, 0.29) is 24.2 Å². The first-order valence-corrected chi connectivity index (χ1v) is 7.20. The molecule has 0 aliphatic carbocycles. The van der Waals surface area contributed by atoms with Gasteiger partial charge in [0.15, 0.2) is 0 Å². The van der Waals surface area contributed by atoms with E-state index in [4.69, 9.17) is 0 Å². The maximum atomic E-state index is 12.3. The predicted molar refractivity (Wildman–Crippen MR) is 74.5 cm³/mol. The van der Waals surface area contributed by atoms with Crippen molar-refractivity contribution < 1.29 is 4.79 Å². The molecule has 18 heavy (non-hydrogen) atoms. The summed E-state index contributed by atoms with van der Waals surface area (Å²) in [6.07, 6.45) is 0.0219. The molecular weight excluding hydrogens is 246 g/mol. The van der Waals surface area contributed by atoms with Gasteiger partial charge in [0, 0.05) is 12.6 Å². The fourth-order valence-corrected chi connectivity index (χ4v) is 3.19. The molecule has 2 rings (SSSR count). The summed E-state index contributed by atoms with van der Waals surface area (Å²) in [6, 6.07) is 2.19. The summed E-state index contributed by atoms with van der Waals surface area (Å²) in [5, 5.41) is 7.54. The topological polar surface area (TPSA) is 35.6 Å². The summed E-state index contributed by atoms with van der Waals surface area (Å²) < 4.78 is 0. The van der Waals surface area contributed by atoms with Crippen LogP contribution < -0.4 is 5.32 Å². The average Bonchev–Trinajstić information content (AvgIpc) is 2.87. The van der Waals surface area contributed by atoms with Crippen molar-refractivity contribution in [3.05, 3.63) is 22.4 Å². The molecule has 0 saturated carbocycles. The molecule has 0 spiro atoms. The molecule has 5 heteroatoms. The SMILES string of the molecule is CC1NC(c2ccsc2)N(C(C)CN(C)C)C1=O. The summed E-state index contributed by atoms with van der Waals surface area (Å²) in [5.41, 5.74) is 1.18. The van der Waals surface area contributed by atoms with Gasteiger partial charge in [0.1, 0.15) is 6.17 Å². The van der Waals surface area contributed by atoms with Crippen LogP contribution >= 0.6 is 11.3 Å². The standard InChI is InChI=1S/C13H21N3OS/c1-9(7-15(3)4)16-12(11-5-6-18-8-11)14-10(2)13(16)17/h5-6,8-10,12,14H,7H2,1-4H3. The molecule has 1 aliphatic rings. The van der Waals surface area contributed by atoms with Crippen LogP contribution in [0.1, 0.15) is 25.6 Å². The van der Waals surface area contributed by atoms with Crippen molar-refractivity contribution in [2.24, 2.45) is 0 Å².